The molecule has 5 heteroatoms. The van der Waals surface area contributed by atoms with Crippen molar-refractivity contribution >= 4 is 5.65 Å². The zero-order chi connectivity index (χ0) is 11.5. The first-order chi connectivity index (χ1) is 7.77. The highest BCUT2D eigenvalue weighted by molar-refractivity contribution is 5.40. The molecule has 0 radical (unpaired) electrons. The van der Waals surface area contributed by atoms with Crippen molar-refractivity contribution in [2.24, 2.45) is 0 Å². The second-order valence-electron chi connectivity index (χ2n) is 3.88. The van der Waals surface area contributed by atoms with Gasteiger partial charge in [-0.15, -0.1) is 10.2 Å². The van der Waals surface area contributed by atoms with E-state index in [2.05, 4.69) is 22.2 Å². The number of aromatic nitrogens is 4. The van der Waals surface area contributed by atoms with E-state index < -0.39 is 0 Å². The summed E-state index contributed by atoms with van der Waals surface area (Å²) in [5.74, 6) is 0. The Labute approximate surface area is 93.5 Å². The quantitative estimate of drug-likeness (QED) is 0.845. The van der Waals surface area contributed by atoms with Crippen molar-refractivity contribution in [2.75, 3.05) is 0 Å². The molecule has 16 heavy (non-hydrogen) atoms. The topological polar surface area (TPSA) is 63.1 Å². The Morgan fingerprint density at radius 3 is 2.94 bits per heavy atom. The summed E-state index contributed by atoms with van der Waals surface area (Å²) < 4.78 is 1.59. The maximum absolute atomic E-state index is 12.1. The number of hydrogen-bond donors (Lipinski definition) is 1. The Morgan fingerprint density at radius 1 is 1.44 bits per heavy atom. The Kier molecular flexibility index (Phi) is 3.03. The molecule has 5 nitrogen and oxygen atoms in total. The summed E-state index contributed by atoms with van der Waals surface area (Å²) in [6.07, 6.45) is 5.28. The highest BCUT2D eigenvalue weighted by Gasteiger charge is 2.11. The molecule has 0 aliphatic carbocycles. The number of hydrogen-bond acceptors (Lipinski definition) is 3. The first kappa shape index (κ1) is 10.9. The van der Waals surface area contributed by atoms with Crippen LogP contribution in [0.4, 0.5) is 0 Å². The highest BCUT2D eigenvalue weighted by Crippen LogP contribution is 2.07. The van der Waals surface area contributed by atoms with E-state index in [1.54, 1.807) is 4.52 Å². The summed E-state index contributed by atoms with van der Waals surface area (Å²) >= 11 is 0. The number of unbranched alkanes of at least 4 members (excludes halogenated alkanes) is 1. The Hall–Kier alpha value is -1.65. The van der Waals surface area contributed by atoms with Crippen molar-refractivity contribution in [2.45, 2.75) is 39.5 Å². The predicted octanol–water partition coefficient (Wildman–Crippen LogP) is 1.32. The van der Waals surface area contributed by atoms with Crippen LogP contribution in [0.5, 0.6) is 0 Å². The molecule has 86 valence electrons. The van der Waals surface area contributed by atoms with Crippen LogP contribution in [0.15, 0.2) is 11.1 Å². The molecule has 0 bridgehead atoms. The van der Waals surface area contributed by atoms with Gasteiger partial charge in [0.15, 0.2) is 0 Å². The molecule has 2 aromatic rings. The van der Waals surface area contributed by atoms with E-state index in [-0.39, 0.29) is 5.43 Å². The average molecular weight is 220 g/mol. The van der Waals surface area contributed by atoms with Gasteiger partial charge in [0.25, 0.3) is 0 Å². The van der Waals surface area contributed by atoms with Gasteiger partial charge in [-0.05, 0) is 19.3 Å². The van der Waals surface area contributed by atoms with Crippen molar-refractivity contribution < 1.29 is 0 Å². The minimum absolute atomic E-state index is 0.0153. The standard InChI is InChI=1S/C11H16N4O/c1-3-5-6-8-9(4-2)14-15-7-12-13-11(15)10(8)16/h7,14H,3-6H2,1-2H3. The molecule has 0 spiro atoms. The van der Waals surface area contributed by atoms with E-state index in [1.807, 2.05) is 6.92 Å². The Bertz CT molecular complexity index is 540. The Morgan fingerprint density at radius 2 is 2.25 bits per heavy atom. The highest BCUT2D eigenvalue weighted by atomic mass is 16.1. The fraction of sp³-hybridized carbons (Fsp3) is 0.545. The molecule has 1 N–H and O–H groups in total. The van der Waals surface area contributed by atoms with Crippen molar-refractivity contribution in [1.82, 2.24) is 19.8 Å². The lowest BCUT2D eigenvalue weighted by Gasteiger charge is -2.07. The van der Waals surface area contributed by atoms with E-state index in [0.29, 0.717) is 5.65 Å². The van der Waals surface area contributed by atoms with Crippen LogP contribution in [0.25, 0.3) is 5.65 Å². The summed E-state index contributed by atoms with van der Waals surface area (Å²) in [6.45, 7) is 4.16. The van der Waals surface area contributed by atoms with Crippen LogP contribution in [0.1, 0.15) is 37.9 Å². The first-order valence-corrected chi connectivity index (χ1v) is 5.71. The molecule has 0 aliphatic rings. The number of H-pyrrole nitrogens is 1. The van der Waals surface area contributed by atoms with Crippen LogP contribution >= 0.6 is 0 Å². The number of nitrogens with one attached hydrogen (secondary N) is 1. The molecular formula is C11H16N4O. The van der Waals surface area contributed by atoms with Gasteiger partial charge >= 0.3 is 0 Å². The van der Waals surface area contributed by atoms with Crippen molar-refractivity contribution in [3.05, 3.63) is 27.8 Å². The number of aryl methyl sites for hydroxylation is 1. The third-order valence-corrected chi connectivity index (χ3v) is 2.78. The van der Waals surface area contributed by atoms with Gasteiger partial charge in [0.1, 0.15) is 6.33 Å². The smallest absolute Gasteiger partial charge is 0.229 e. The SMILES string of the molecule is CCCCc1c(CC)[nH]n2cnnc2c1=O. The van der Waals surface area contributed by atoms with Crippen LogP contribution < -0.4 is 5.43 Å². The summed E-state index contributed by atoms with van der Waals surface area (Å²) in [7, 11) is 0. The second-order valence-corrected chi connectivity index (χ2v) is 3.88. The maximum atomic E-state index is 12.1. The van der Waals surface area contributed by atoms with Gasteiger partial charge in [0, 0.05) is 11.3 Å². The van der Waals surface area contributed by atoms with Gasteiger partial charge in [0.2, 0.25) is 11.1 Å². The zero-order valence-electron chi connectivity index (χ0n) is 9.66. The average Bonchev–Trinajstić information content (AvgIpc) is 2.76. The Balaban J connectivity index is 2.58. The van der Waals surface area contributed by atoms with Gasteiger partial charge < -0.3 is 0 Å². The van der Waals surface area contributed by atoms with Crippen LogP contribution in [0.2, 0.25) is 0 Å². The zero-order valence-corrected chi connectivity index (χ0v) is 9.66. The van der Waals surface area contributed by atoms with E-state index in [0.717, 1.165) is 36.9 Å². The summed E-state index contributed by atoms with van der Waals surface area (Å²) in [5.41, 5.74) is 2.26. The second kappa shape index (κ2) is 4.47. The molecule has 2 aromatic heterocycles. The van der Waals surface area contributed by atoms with Crippen molar-refractivity contribution in [3.8, 4) is 0 Å². The summed E-state index contributed by atoms with van der Waals surface area (Å²) in [5, 5.41) is 10.7. The van der Waals surface area contributed by atoms with E-state index >= 15 is 0 Å². The summed E-state index contributed by atoms with van der Waals surface area (Å²) in [6, 6.07) is 0. The molecule has 0 amide bonds. The number of nitrogens with zero attached hydrogens (tertiary/aromatic N) is 3. The van der Waals surface area contributed by atoms with Crippen molar-refractivity contribution in [3.63, 3.8) is 0 Å². The van der Waals surface area contributed by atoms with Crippen LogP contribution in [-0.2, 0) is 12.8 Å². The van der Waals surface area contributed by atoms with Crippen LogP contribution in [-0.4, -0.2) is 19.8 Å². The van der Waals surface area contributed by atoms with Gasteiger partial charge in [-0.1, -0.05) is 20.3 Å². The molecule has 0 aliphatic heterocycles. The van der Waals surface area contributed by atoms with Crippen molar-refractivity contribution in [1.29, 1.82) is 0 Å². The van der Waals surface area contributed by atoms with Crippen LogP contribution in [0.3, 0.4) is 0 Å². The molecule has 2 heterocycles. The fourth-order valence-electron chi connectivity index (χ4n) is 1.87. The van der Waals surface area contributed by atoms with Gasteiger partial charge in [0.05, 0.1) is 0 Å². The van der Waals surface area contributed by atoms with Gasteiger partial charge in [-0.2, -0.15) is 0 Å². The molecule has 2 rings (SSSR count). The van der Waals surface area contributed by atoms with Gasteiger partial charge in [-0.25, -0.2) is 4.52 Å². The number of fused-ring (bicyclic) bond motifs is 1. The molecule has 0 atom stereocenters. The van der Waals surface area contributed by atoms with Crippen LogP contribution in [0, 0.1) is 0 Å². The molecule has 0 unspecified atom stereocenters. The molecule has 0 aromatic carbocycles. The molecular weight excluding hydrogens is 204 g/mol. The molecule has 0 saturated carbocycles. The monoisotopic (exact) mass is 220 g/mol. The lowest BCUT2D eigenvalue weighted by atomic mass is 10.1. The molecule has 0 saturated heterocycles. The largest absolute Gasteiger partial charge is 0.295 e. The third-order valence-electron chi connectivity index (χ3n) is 2.78. The third kappa shape index (κ3) is 1.73. The normalized spacial score (nSPS) is 11.1. The lowest BCUT2D eigenvalue weighted by molar-refractivity contribution is 0.754. The maximum Gasteiger partial charge on any atom is 0.229 e. The number of aromatic amines is 1. The molecule has 0 fully saturated rings. The first-order valence-electron chi connectivity index (χ1n) is 5.71. The minimum Gasteiger partial charge on any atom is -0.295 e. The fourth-order valence-corrected chi connectivity index (χ4v) is 1.87. The lowest BCUT2D eigenvalue weighted by Crippen LogP contribution is -2.18. The van der Waals surface area contributed by atoms with E-state index in [4.69, 9.17) is 0 Å². The predicted molar refractivity (Wildman–Crippen MR) is 61.6 cm³/mol. The van der Waals surface area contributed by atoms with E-state index in [9.17, 15) is 4.79 Å². The van der Waals surface area contributed by atoms with E-state index in [1.165, 1.54) is 6.33 Å². The van der Waals surface area contributed by atoms with Gasteiger partial charge in [-0.3, -0.25) is 9.89 Å². The minimum atomic E-state index is 0.0153. The number of rotatable bonds is 4. The summed E-state index contributed by atoms with van der Waals surface area (Å²) in [4.78, 5) is 12.1.